The number of amides is 1. The minimum atomic E-state index is -0.0654. The van der Waals surface area contributed by atoms with Gasteiger partial charge in [0.25, 0.3) is 5.91 Å². The Bertz CT molecular complexity index is 777. The number of pyridine rings is 1. The molecule has 0 aliphatic heterocycles. The number of aryl methyl sites for hydroxylation is 1. The largest absolute Gasteiger partial charge is 0.469 e. The molecule has 112 valence electrons. The summed E-state index contributed by atoms with van der Waals surface area (Å²) in [6.45, 7) is 2.39. The Morgan fingerprint density at radius 1 is 1.36 bits per heavy atom. The maximum absolute atomic E-state index is 12.5. The molecule has 3 aromatic heterocycles. The van der Waals surface area contributed by atoms with Crippen LogP contribution in [0.5, 0.6) is 0 Å². The highest BCUT2D eigenvalue weighted by Gasteiger charge is 2.15. The molecule has 0 radical (unpaired) electrons. The number of furan rings is 1. The number of hydrogen-bond donors (Lipinski definition) is 0. The topological polar surface area (TPSA) is 64.2 Å². The maximum atomic E-state index is 12.5. The molecular formula is C16H16N4O2. The van der Waals surface area contributed by atoms with Crippen LogP contribution in [0, 0.1) is 6.92 Å². The van der Waals surface area contributed by atoms with Gasteiger partial charge in [-0.1, -0.05) is 0 Å². The normalized spacial score (nSPS) is 10.6. The summed E-state index contributed by atoms with van der Waals surface area (Å²) < 4.78 is 7.02. The number of nitrogens with zero attached hydrogens (tertiary/aromatic N) is 4. The zero-order chi connectivity index (χ0) is 15.5. The first-order valence-electron chi connectivity index (χ1n) is 6.88. The van der Waals surface area contributed by atoms with E-state index in [9.17, 15) is 4.79 Å². The summed E-state index contributed by atoms with van der Waals surface area (Å²) in [5, 5.41) is 0. The van der Waals surface area contributed by atoms with Crippen molar-refractivity contribution in [3.8, 4) is 5.82 Å². The van der Waals surface area contributed by atoms with Gasteiger partial charge in [0.05, 0.1) is 6.26 Å². The highest BCUT2D eigenvalue weighted by molar-refractivity contribution is 5.94. The van der Waals surface area contributed by atoms with E-state index in [1.54, 1.807) is 59.8 Å². The van der Waals surface area contributed by atoms with E-state index in [0.717, 1.165) is 11.3 Å². The number of aromatic nitrogens is 3. The number of imidazole rings is 1. The van der Waals surface area contributed by atoms with Gasteiger partial charge in [-0.2, -0.15) is 0 Å². The minimum absolute atomic E-state index is 0.0654. The second-order valence-corrected chi connectivity index (χ2v) is 5.04. The third-order valence-electron chi connectivity index (χ3n) is 3.48. The van der Waals surface area contributed by atoms with Crippen LogP contribution in [-0.2, 0) is 6.54 Å². The molecule has 0 saturated carbocycles. The summed E-state index contributed by atoms with van der Waals surface area (Å²) in [5.74, 6) is 1.43. The van der Waals surface area contributed by atoms with E-state index in [-0.39, 0.29) is 5.91 Å². The van der Waals surface area contributed by atoms with E-state index in [2.05, 4.69) is 9.97 Å². The minimum Gasteiger partial charge on any atom is -0.469 e. The molecule has 6 heteroatoms. The molecule has 3 aromatic rings. The molecule has 0 aromatic carbocycles. The van der Waals surface area contributed by atoms with Crippen LogP contribution in [0.3, 0.4) is 0 Å². The number of carbonyl (C=O) groups is 1. The lowest BCUT2D eigenvalue weighted by Crippen LogP contribution is -2.26. The van der Waals surface area contributed by atoms with Crippen molar-refractivity contribution in [1.82, 2.24) is 19.4 Å². The van der Waals surface area contributed by atoms with E-state index in [4.69, 9.17) is 4.42 Å². The first-order chi connectivity index (χ1) is 10.6. The summed E-state index contributed by atoms with van der Waals surface area (Å²) in [7, 11) is 1.77. The molecule has 6 nitrogen and oxygen atoms in total. The van der Waals surface area contributed by atoms with Crippen molar-refractivity contribution in [3.05, 3.63) is 66.3 Å². The van der Waals surface area contributed by atoms with Crippen LogP contribution < -0.4 is 0 Å². The van der Waals surface area contributed by atoms with Crippen molar-refractivity contribution in [2.45, 2.75) is 13.5 Å². The van der Waals surface area contributed by atoms with Crippen molar-refractivity contribution in [2.24, 2.45) is 0 Å². The van der Waals surface area contributed by atoms with Gasteiger partial charge >= 0.3 is 0 Å². The predicted molar refractivity (Wildman–Crippen MR) is 80.6 cm³/mol. The molecule has 0 spiro atoms. The SMILES string of the molecule is Cc1occc1CN(C)C(=O)c1ccnc(-n2ccnc2)c1. The number of rotatable bonds is 4. The van der Waals surface area contributed by atoms with Crippen LogP contribution >= 0.6 is 0 Å². The van der Waals surface area contributed by atoms with Crippen LogP contribution in [0.15, 0.2) is 53.8 Å². The maximum Gasteiger partial charge on any atom is 0.254 e. The molecule has 3 heterocycles. The summed E-state index contributed by atoms with van der Waals surface area (Å²) in [4.78, 5) is 22.4. The smallest absolute Gasteiger partial charge is 0.254 e. The lowest BCUT2D eigenvalue weighted by Gasteiger charge is -2.17. The molecule has 1 amide bonds. The Morgan fingerprint density at radius 3 is 2.91 bits per heavy atom. The Hall–Kier alpha value is -2.89. The van der Waals surface area contributed by atoms with Crippen LogP contribution in [0.4, 0.5) is 0 Å². The van der Waals surface area contributed by atoms with Crippen LogP contribution in [0.25, 0.3) is 5.82 Å². The summed E-state index contributed by atoms with van der Waals surface area (Å²) in [6, 6.07) is 5.34. The van der Waals surface area contributed by atoms with Crippen molar-refractivity contribution in [1.29, 1.82) is 0 Å². The Labute approximate surface area is 128 Å². The van der Waals surface area contributed by atoms with Crippen LogP contribution in [0.1, 0.15) is 21.7 Å². The fourth-order valence-electron chi connectivity index (χ4n) is 2.21. The molecule has 22 heavy (non-hydrogen) atoms. The molecule has 0 fully saturated rings. The van der Waals surface area contributed by atoms with Gasteiger partial charge in [-0.3, -0.25) is 9.36 Å². The van der Waals surface area contributed by atoms with E-state index in [0.29, 0.717) is 17.9 Å². The fraction of sp³-hybridized carbons (Fsp3) is 0.188. The van der Waals surface area contributed by atoms with Gasteiger partial charge in [-0.05, 0) is 25.1 Å². The Kier molecular flexibility index (Phi) is 3.74. The third-order valence-corrected chi connectivity index (χ3v) is 3.48. The Balaban J connectivity index is 1.80. The summed E-state index contributed by atoms with van der Waals surface area (Å²) in [5.41, 5.74) is 1.59. The first-order valence-corrected chi connectivity index (χ1v) is 6.88. The molecule has 0 atom stereocenters. The molecule has 0 unspecified atom stereocenters. The summed E-state index contributed by atoms with van der Waals surface area (Å²) >= 11 is 0. The standard InChI is InChI=1S/C16H16N4O2/c1-12-14(4-8-22-12)10-19(2)16(21)13-3-5-18-15(9-13)20-7-6-17-11-20/h3-9,11H,10H2,1-2H3. The van der Waals surface area contributed by atoms with Crippen molar-refractivity contribution in [3.63, 3.8) is 0 Å². The number of carbonyl (C=O) groups excluding carboxylic acids is 1. The van der Waals surface area contributed by atoms with E-state index < -0.39 is 0 Å². The summed E-state index contributed by atoms with van der Waals surface area (Å²) in [6.07, 6.45) is 8.36. The van der Waals surface area contributed by atoms with Gasteiger partial charge in [0.2, 0.25) is 0 Å². The van der Waals surface area contributed by atoms with Crippen LogP contribution in [-0.4, -0.2) is 32.4 Å². The van der Waals surface area contributed by atoms with E-state index >= 15 is 0 Å². The van der Waals surface area contributed by atoms with Crippen molar-refractivity contribution in [2.75, 3.05) is 7.05 Å². The predicted octanol–water partition coefficient (Wildman–Crippen LogP) is 2.44. The second kappa shape index (κ2) is 5.85. The molecule has 0 aliphatic carbocycles. The van der Waals surface area contributed by atoms with Gasteiger partial charge in [-0.25, -0.2) is 9.97 Å². The van der Waals surface area contributed by atoms with Gasteiger partial charge in [0.15, 0.2) is 0 Å². The van der Waals surface area contributed by atoms with Gasteiger partial charge in [-0.15, -0.1) is 0 Å². The average Bonchev–Trinajstić information content (AvgIpc) is 3.19. The van der Waals surface area contributed by atoms with Gasteiger partial charge < -0.3 is 9.32 Å². The second-order valence-electron chi connectivity index (χ2n) is 5.04. The molecule has 0 aliphatic rings. The quantitative estimate of drug-likeness (QED) is 0.742. The molecule has 3 rings (SSSR count). The van der Waals surface area contributed by atoms with E-state index in [1.165, 1.54) is 0 Å². The zero-order valence-electron chi connectivity index (χ0n) is 12.4. The van der Waals surface area contributed by atoms with E-state index in [1.807, 2.05) is 13.0 Å². The molecular weight excluding hydrogens is 280 g/mol. The van der Waals surface area contributed by atoms with Crippen molar-refractivity contribution >= 4 is 5.91 Å². The average molecular weight is 296 g/mol. The highest BCUT2D eigenvalue weighted by atomic mass is 16.3. The zero-order valence-corrected chi connectivity index (χ0v) is 12.4. The van der Waals surface area contributed by atoms with Gasteiger partial charge in [0.1, 0.15) is 17.9 Å². The number of hydrogen-bond acceptors (Lipinski definition) is 4. The van der Waals surface area contributed by atoms with Gasteiger partial charge in [0, 0.05) is 43.3 Å². The highest BCUT2D eigenvalue weighted by Crippen LogP contribution is 2.14. The lowest BCUT2D eigenvalue weighted by molar-refractivity contribution is 0.0784. The first kappa shape index (κ1) is 14.1. The molecule has 0 bridgehead atoms. The molecule has 0 N–H and O–H groups in total. The Morgan fingerprint density at radius 2 is 2.23 bits per heavy atom. The monoisotopic (exact) mass is 296 g/mol. The molecule has 0 saturated heterocycles. The lowest BCUT2D eigenvalue weighted by atomic mass is 10.2. The van der Waals surface area contributed by atoms with Crippen molar-refractivity contribution < 1.29 is 9.21 Å². The fourth-order valence-corrected chi connectivity index (χ4v) is 2.21. The van der Waals surface area contributed by atoms with Crippen LogP contribution in [0.2, 0.25) is 0 Å². The third kappa shape index (κ3) is 2.76.